The SMILES string of the molecule is O=c1[nH]cnc2nc(NN=Cc3cc4c(cc3[N+](=O)[O-])OCO4)[nH]c12. The topological polar surface area (TPSA) is 160 Å². The van der Waals surface area contributed by atoms with E-state index in [1.54, 1.807) is 0 Å². The minimum absolute atomic E-state index is 0.00582. The highest BCUT2D eigenvalue weighted by Gasteiger charge is 2.22. The molecule has 0 fully saturated rings. The van der Waals surface area contributed by atoms with Crippen LogP contribution in [-0.2, 0) is 0 Å². The summed E-state index contributed by atoms with van der Waals surface area (Å²) in [5.74, 6) is 0.866. The van der Waals surface area contributed by atoms with E-state index in [2.05, 4.69) is 30.5 Å². The highest BCUT2D eigenvalue weighted by Crippen LogP contribution is 2.37. The van der Waals surface area contributed by atoms with Gasteiger partial charge in [-0.05, 0) is 6.07 Å². The summed E-state index contributed by atoms with van der Waals surface area (Å²) in [5, 5.41) is 15.1. The number of nitrogens with zero attached hydrogens (tertiary/aromatic N) is 4. The molecule has 126 valence electrons. The molecule has 4 rings (SSSR count). The van der Waals surface area contributed by atoms with Crippen molar-refractivity contribution in [2.24, 2.45) is 5.10 Å². The molecule has 0 unspecified atom stereocenters. The summed E-state index contributed by atoms with van der Waals surface area (Å²) in [6.45, 7) is 0.00582. The number of H-pyrrole nitrogens is 2. The largest absolute Gasteiger partial charge is 0.454 e. The van der Waals surface area contributed by atoms with Gasteiger partial charge in [-0.3, -0.25) is 14.9 Å². The average Bonchev–Trinajstić information content (AvgIpc) is 3.20. The standard InChI is InChI=1S/C13H9N7O5/c21-12-10-11(14-4-15-12)18-13(17-10)19-16-3-6-1-8-9(25-5-24-8)2-7(6)20(22)23/h1-4H,5H2,(H3,14,15,17,18,19,21). The molecular weight excluding hydrogens is 334 g/mol. The van der Waals surface area contributed by atoms with Crippen LogP contribution < -0.4 is 20.5 Å². The Morgan fingerprint density at radius 2 is 2.16 bits per heavy atom. The Balaban J connectivity index is 1.62. The Morgan fingerprint density at radius 3 is 2.92 bits per heavy atom. The summed E-state index contributed by atoms with van der Waals surface area (Å²) in [5.41, 5.74) is 2.63. The van der Waals surface area contributed by atoms with Gasteiger partial charge >= 0.3 is 0 Å². The van der Waals surface area contributed by atoms with Crippen LogP contribution in [0.1, 0.15) is 5.56 Å². The van der Waals surface area contributed by atoms with Crippen LogP contribution in [0.15, 0.2) is 28.4 Å². The summed E-state index contributed by atoms with van der Waals surface area (Å²) < 4.78 is 10.3. The fourth-order valence-corrected chi connectivity index (χ4v) is 2.26. The van der Waals surface area contributed by atoms with Crippen molar-refractivity contribution in [2.75, 3.05) is 12.2 Å². The number of hydrazone groups is 1. The number of aromatic nitrogens is 4. The van der Waals surface area contributed by atoms with Gasteiger partial charge in [0.2, 0.25) is 12.7 Å². The van der Waals surface area contributed by atoms with E-state index in [-0.39, 0.29) is 40.7 Å². The zero-order valence-electron chi connectivity index (χ0n) is 12.3. The van der Waals surface area contributed by atoms with Gasteiger partial charge in [0.25, 0.3) is 11.2 Å². The van der Waals surface area contributed by atoms with E-state index in [4.69, 9.17) is 9.47 Å². The third kappa shape index (κ3) is 2.60. The van der Waals surface area contributed by atoms with Crippen LogP contribution in [-0.4, -0.2) is 37.9 Å². The predicted molar refractivity (Wildman–Crippen MR) is 84.9 cm³/mol. The minimum Gasteiger partial charge on any atom is -0.454 e. The van der Waals surface area contributed by atoms with Gasteiger partial charge in [-0.15, -0.1) is 0 Å². The molecule has 0 saturated heterocycles. The molecule has 0 amide bonds. The number of rotatable bonds is 4. The fourth-order valence-electron chi connectivity index (χ4n) is 2.26. The van der Waals surface area contributed by atoms with Crippen LogP contribution in [0.4, 0.5) is 11.6 Å². The van der Waals surface area contributed by atoms with Gasteiger partial charge in [0, 0.05) is 0 Å². The van der Waals surface area contributed by atoms with Crippen molar-refractivity contribution in [2.45, 2.75) is 0 Å². The summed E-state index contributed by atoms with van der Waals surface area (Å²) >= 11 is 0. The van der Waals surface area contributed by atoms with E-state index < -0.39 is 4.92 Å². The molecule has 0 aliphatic carbocycles. The normalized spacial score (nSPS) is 12.8. The summed E-state index contributed by atoms with van der Waals surface area (Å²) in [6.07, 6.45) is 2.47. The smallest absolute Gasteiger partial charge is 0.282 e. The first-order valence-electron chi connectivity index (χ1n) is 6.92. The lowest BCUT2D eigenvalue weighted by molar-refractivity contribution is -0.385. The molecule has 25 heavy (non-hydrogen) atoms. The molecule has 0 atom stereocenters. The first kappa shape index (κ1) is 14.6. The Kier molecular flexibility index (Phi) is 3.27. The number of benzene rings is 1. The van der Waals surface area contributed by atoms with Crippen molar-refractivity contribution in [1.82, 2.24) is 19.9 Å². The minimum atomic E-state index is -0.548. The second kappa shape index (κ2) is 5.59. The lowest BCUT2D eigenvalue weighted by atomic mass is 10.1. The molecule has 0 spiro atoms. The number of aromatic amines is 2. The molecular formula is C13H9N7O5. The van der Waals surface area contributed by atoms with Gasteiger partial charge < -0.3 is 19.4 Å². The van der Waals surface area contributed by atoms with Crippen LogP contribution in [0.25, 0.3) is 11.2 Å². The second-order valence-corrected chi connectivity index (χ2v) is 4.91. The van der Waals surface area contributed by atoms with Gasteiger partial charge in [0.15, 0.2) is 22.7 Å². The number of fused-ring (bicyclic) bond motifs is 2. The van der Waals surface area contributed by atoms with E-state index in [9.17, 15) is 14.9 Å². The molecule has 2 aromatic heterocycles. The van der Waals surface area contributed by atoms with Crippen molar-refractivity contribution in [3.63, 3.8) is 0 Å². The van der Waals surface area contributed by atoms with Crippen LogP contribution in [0, 0.1) is 10.1 Å². The van der Waals surface area contributed by atoms with Crippen LogP contribution in [0.2, 0.25) is 0 Å². The molecule has 3 aromatic rings. The van der Waals surface area contributed by atoms with E-state index in [0.717, 1.165) is 0 Å². The molecule has 0 saturated carbocycles. The van der Waals surface area contributed by atoms with Crippen molar-refractivity contribution < 1.29 is 14.4 Å². The molecule has 1 aromatic carbocycles. The fraction of sp³-hybridized carbons (Fsp3) is 0.0769. The van der Waals surface area contributed by atoms with Crippen LogP contribution >= 0.6 is 0 Å². The van der Waals surface area contributed by atoms with Crippen LogP contribution in [0.3, 0.4) is 0 Å². The highest BCUT2D eigenvalue weighted by atomic mass is 16.7. The average molecular weight is 343 g/mol. The maximum absolute atomic E-state index is 11.6. The Labute approximate surface area is 137 Å². The van der Waals surface area contributed by atoms with E-state index in [1.165, 1.54) is 24.7 Å². The molecule has 12 heteroatoms. The summed E-state index contributed by atoms with van der Waals surface area (Å²) in [4.78, 5) is 35.2. The van der Waals surface area contributed by atoms with Crippen molar-refractivity contribution >= 4 is 29.0 Å². The number of anilines is 1. The third-order valence-corrected chi connectivity index (χ3v) is 3.39. The summed E-state index contributed by atoms with van der Waals surface area (Å²) in [7, 11) is 0. The Morgan fingerprint density at radius 1 is 1.36 bits per heavy atom. The number of ether oxygens (including phenoxy) is 2. The number of nitro benzene ring substituents is 1. The number of hydrogen-bond acceptors (Lipinski definition) is 9. The lowest BCUT2D eigenvalue weighted by Gasteiger charge is -2.00. The van der Waals surface area contributed by atoms with E-state index >= 15 is 0 Å². The zero-order chi connectivity index (χ0) is 17.4. The lowest BCUT2D eigenvalue weighted by Crippen LogP contribution is -2.05. The quantitative estimate of drug-likeness (QED) is 0.355. The molecule has 3 N–H and O–H groups in total. The Bertz CT molecular complexity index is 1070. The van der Waals surface area contributed by atoms with Crippen molar-refractivity contribution in [3.8, 4) is 11.5 Å². The molecule has 1 aliphatic rings. The van der Waals surface area contributed by atoms with E-state index in [1.807, 2.05) is 0 Å². The van der Waals surface area contributed by atoms with Gasteiger partial charge in [0.1, 0.15) is 0 Å². The number of hydrogen-bond donors (Lipinski definition) is 3. The number of nitro groups is 1. The Hall–Kier alpha value is -3.96. The monoisotopic (exact) mass is 343 g/mol. The maximum atomic E-state index is 11.6. The third-order valence-electron chi connectivity index (χ3n) is 3.39. The predicted octanol–water partition coefficient (Wildman–Crippen LogP) is 0.729. The van der Waals surface area contributed by atoms with Gasteiger partial charge in [-0.25, -0.2) is 10.4 Å². The van der Waals surface area contributed by atoms with E-state index in [0.29, 0.717) is 11.5 Å². The van der Waals surface area contributed by atoms with Gasteiger partial charge in [-0.2, -0.15) is 10.1 Å². The van der Waals surface area contributed by atoms with Gasteiger partial charge in [0.05, 0.1) is 29.1 Å². The first-order valence-corrected chi connectivity index (χ1v) is 6.92. The summed E-state index contributed by atoms with van der Waals surface area (Å²) in [6, 6.07) is 2.73. The molecule has 12 nitrogen and oxygen atoms in total. The van der Waals surface area contributed by atoms with Crippen LogP contribution in [0.5, 0.6) is 11.5 Å². The maximum Gasteiger partial charge on any atom is 0.282 e. The highest BCUT2D eigenvalue weighted by molar-refractivity contribution is 5.87. The first-order chi connectivity index (χ1) is 12.1. The second-order valence-electron chi connectivity index (χ2n) is 4.91. The zero-order valence-corrected chi connectivity index (χ0v) is 12.3. The van der Waals surface area contributed by atoms with Crippen molar-refractivity contribution in [3.05, 3.63) is 44.5 Å². The molecule has 0 bridgehead atoms. The van der Waals surface area contributed by atoms with Gasteiger partial charge in [-0.1, -0.05) is 0 Å². The number of imidazole rings is 1. The molecule has 3 heterocycles. The molecule has 1 aliphatic heterocycles. The van der Waals surface area contributed by atoms with Crippen molar-refractivity contribution in [1.29, 1.82) is 0 Å². The molecule has 0 radical (unpaired) electrons. The number of nitrogens with one attached hydrogen (secondary N) is 3.